The van der Waals surface area contributed by atoms with Gasteiger partial charge >= 0.3 is 5.97 Å². The molecule has 0 aliphatic heterocycles. The van der Waals surface area contributed by atoms with Gasteiger partial charge in [-0.2, -0.15) is 0 Å². The van der Waals surface area contributed by atoms with Crippen LogP contribution in [0.15, 0.2) is 0 Å². The van der Waals surface area contributed by atoms with Gasteiger partial charge in [0, 0.05) is 0 Å². The molecule has 0 spiro atoms. The normalized spacial score (nSPS) is 22.5. The molecule has 1 aliphatic carbocycles. The minimum Gasteiger partial charge on any atom is -0.481 e. The lowest BCUT2D eigenvalue weighted by Gasteiger charge is -2.27. The smallest absolute Gasteiger partial charge is 0.309 e. The molecule has 1 N–H and O–H groups in total. The van der Waals surface area contributed by atoms with E-state index in [4.69, 9.17) is 5.11 Å². The Kier molecular flexibility index (Phi) is 2.21. The highest BCUT2D eigenvalue weighted by Gasteiger charge is 2.43. The Balaban J connectivity index is 2.79. The summed E-state index contributed by atoms with van der Waals surface area (Å²) in [4.78, 5) is 11.0. The van der Waals surface area contributed by atoms with Crippen LogP contribution in [0, 0.1) is 11.3 Å². The Morgan fingerprint density at radius 3 is 2.00 bits per heavy atom. The van der Waals surface area contributed by atoms with E-state index in [1.807, 2.05) is 13.8 Å². The third kappa shape index (κ3) is 1.26. The van der Waals surface area contributed by atoms with Gasteiger partial charge < -0.3 is 5.11 Å². The van der Waals surface area contributed by atoms with Crippen molar-refractivity contribution in [3.05, 3.63) is 0 Å². The van der Waals surface area contributed by atoms with Crippen molar-refractivity contribution in [3.63, 3.8) is 0 Å². The summed E-state index contributed by atoms with van der Waals surface area (Å²) < 4.78 is 0. The van der Waals surface area contributed by atoms with Gasteiger partial charge in [-0.05, 0) is 18.8 Å². The first kappa shape index (κ1) is 8.57. The van der Waals surface area contributed by atoms with Crippen LogP contribution in [0.1, 0.15) is 39.5 Å². The van der Waals surface area contributed by atoms with Gasteiger partial charge in [0.15, 0.2) is 0 Å². The largest absolute Gasteiger partial charge is 0.481 e. The predicted molar refractivity (Wildman–Crippen MR) is 43.4 cm³/mol. The summed E-state index contributed by atoms with van der Waals surface area (Å²) in [6.07, 6.45) is 3.93. The van der Waals surface area contributed by atoms with Crippen LogP contribution in [0.3, 0.4) is 0 Å². The number of carboxylic acids is 1. The van der Waals surface area contributed by atoms with Crippen LogP contribution in [0.4, 0.5) is 0 Å². The maximum absolute atomic E-state index is 11.0. The first-order chi connectivity index (χ1) is 5.09. The molecule has 1 rings (SSSR count). The minimum absolute atomic E-state index is 0.280. The average molecular weight is 156 g/mol. The molecule has 11 heavy (non-hydrogen) atoms. The van der Waals surface area contributed by atoms with Crippen LogP contribution < -0.4 is 0 Å². The fourth-order valence-electron chi connectivity index (χ4n) is 2.04. The molecular formula is C9H16O2. The summed E-state index contributed by atoms with van der Waals surface area (Å²) in [5.74, 6) is -0.313. The first-order valence-electron chi connectivity index (χ1n) is 4.33. The third-order valence-electron chi connectivity index (χ3n) is 3.03. The van der Waals surface area contributed by atoms with Crippen LogP contribution in [0.5, 0.6) is 0 Å². The number of carbonyl (C=O) groups is 1. The van der Waals surface area contributed by atoms with Gasteiger partial charge in [0.2, 0.25) is 0 Å². The van der Waals surface area contributed by atoms with Crippen molar-refractivity contribution < 1.29 is 9.90 Å². The summed E-state index contributed by atoms with van der Waals surface area (Å²) >= 11 is 0. The molecule has 0 aromatic rings. The SMILES string of the molecule is CC(C)C1(C(=O)O)CCCC1. The zero-order valence-corrected chi connectivity index (χ0v) is 7.26. The van der Waals surface area contributed by atoms with E-state index in [1.54, 1.807) is 0 Å². The molecule has 0 atom stereocenters. The second-order valence-corrected chi connectivity index (χ2v) is 3.82. The summed E-state index contributed by atoms with van der Waals surface area (Å²) in [6, 6.07) is 0. The van der Waals surface area contributed by atoms with E-state index in [1.165, 1.54) is 0 Å². The van der Waals surface area contributed by atoms with Crippen molar-refractivity contribution in [1.29, 1.82) is 0 Å². The van der Waals surface area contributed by atoms with Crippen LogP contribution in [0.2, 0.25) is 0 Å². The van der Waals surface area contributed by atoms with Gasteiger partial charge in [-0.15, -0.1) is 0 Å². The maximum Gasteiger partial charge on any atom is 0.309 e. The molecule has 0 unspecified atom stereocenters. The lowest BCUT2D eigenvalue weighted by molar-refractivity contribution is -0.151. The number of carboxylic acid groups (broad SMARTS) is 1. The molecule has 0 bridgehead atoms. The quantitative estimate of drug-likeness (QED) is 0.666. The summed E-state index contributed by atoms with van der Waals surface area (Å²) in [5.41, 5.74) is -0.389. The zero-order chi connectivity index (χ0) is 8.48. The third-order valence-corrected chi connectivity index (χ3v) is 3.03. The fraction of sp³-hybridized carbons (Fsp3) is 0.889. The van der Waals surface area contributed by atoms with Gasteiger partial charge in [0.25, 0.3) is 0 Å². The van der Waals surface area contributed by atoms with Crippen LogP contribution >= 0.6 is 0 Å². The maximum atomic E-state index is 11.0. The highest BCUT2D eigenvalue weighted by Crippen LogP contribution is 2.44. The highest BCUT2D eigenvalue weighted by atomic mass is 16.4. The molecule has 0 aromatic heterocycles. The number of hydrogen-bond acceptors (Lipinski definition) is 1. The lowest BCUT2D eigenvalue weighted by Crippen LogP contribution is -2.33. The number of rotatable bonds is 2. The molecule has 1 saturated carbocycles. The van der Waals surface area contributed by atoms with Crippen LogP contribution in [-0.4, -0.2) is 11.1 Å². The van der Waals surface area contributed by atoms with Crippen molar-refractivity contribution >= 4 is 5.97 Å². The molecule has 0 saturated heterocycles. The molecule has 2 nitrogen and oxygen atoms in total. The van der Waals surface area contributed by atoms with Crippen molar-refractivity contribution in [1.82, 2.24) is 0 Å². The Morgan fingerprint density at radius 1 is 1.36 bits per heavy atom. The Labute approximate surface area is 67.6 Å². The van der Waals surface area contributed by atoms with Gasteiger partial charge in [-0.3, -0.25) is 4.79 Å². The predicted octanol–water partition coefficient (Wildman–Crippen LogP) is 2.29. The summed E-state index contributed by atoms with van der Waals surface area (Å²) in [6.45, 7) is 4.03. The minimum atomic E-state index is -0.593. The van der Waals surface area contributed by atoms with Gasteiger partial charge in [-0.1, -0.05) is 26.7 Å². The van der Waals surface area contributed by atoms with Crippen molar-refractivity contribution in [2.75, 3.05) is 0 Å². The standard InChI is InChI=1S/C9H16O2/c1-7(2)9(8(10)11)5-3-4-6-9/h7H,3-6H2,1-2H3,(H,10,11). The molecule has 1 aliphatic rings. The van der Waals surface area contributed by atoms with Gasteiger partial charge in [0.1, 0.15) is 0 Å². The van der Waals surface area contributed by atoms with E-state index in [2.05, 4.69) is 0 Å². The van der Waals surface area contributed by atoms with Gasteiger partial charge in [0.05, 0.1) is 5.41 Å². The Hall–Kier alpha value is -0.530. The lowest BCUT2D eigenvalue weighted by atomic mass is 9.76. The summed E-state index contributed by atoms with van der Waals surface area (Å²) in [5, 5.41) is 9.03. The topological polar surface area (TPSA) is 37.3 Å². The number of hydrogen-bond donors (Lipinski definition) is 1. The van der Waals surface area contributed by atoms with E-state index in [0.29, 0.717) is 0 Å². The fourth-order valence-corrected chi connectivity index (χ4v) is 2.04. The van der Waals surface area contributed by atoms with Crippen molar-refractivity contribution in [3.8, 4) is 0 Å². The van der Waals surface area contributed by atoms with Crippen LogP contribution in [0.25, 0.3) is 0 Å². The highest BCUT2D eigenvalue weighted by molar-refractivity contribution is 5.75. The van der Waals surface area contributed by atoms with E-state index >= 15 is 0 Å². The molecule has 0 amide bonds. The van der Waals surface area contributed by atoms with E-state index in [9.17, 15) is 4.79 Å². The molecule has 0 heterocycles. The number of aliphatic carboxylic acids is 1. The Morgan fingerprint density at radius 2 is 1.82 bits per heavy atom. The van der Waals surface area contributed by atoms with E-state index in [-0.39, 0.29) is 11.3 Å². The zero-order valence-electron chi connectivity index (χ0n) is 7.26. The average Bonchev–Trinajstić information content (AvgIpc) is 2.34. The molecule has 2 heteroatoms. The van der Waals surface area contributed by atoms with Crippen molar-refractivity contribution in [2.45, 2.75) is 39.5 Å². The van der Waals surface area contributed by atoms with Crippen LogP contribution in [-0.2, 0) is 4.79 Å². The molecule has 0 aromatic carbocycles. The molecule has 1 fully saturated rings. The first-order valence-corrected chi connectivity index (χ1v) is 4.33. The monoisotopic (exact) mass is 156 g/mol. The van der Waals surface area contributed by atoms with Gasteiger partial charge in [-0.25, -0.2) is 0 Å². The second kappa shape index (κ2) is 2.84. The molecule has 64 valence electrons. The Bertz CT molecular complexity index is 155. The van der Waals surface area contributed by atoms with Crippen molar-refractivity contribution in [2.24, 2.45) is 11.3 Å². The summed E-state index contributed by atoms with van der Waals surface area (Å²) in [7, 11) is 0. The molecule has 0 radical (unpaired) electrons. The van der Waals surface area contributed by atoms with E-state index in [0.717, 1.165) is 25.7 Å². The molecular weight excluding hydrogens is 140 g/mol. The second-order valence-electron chi connectivity index (χ2n) is 3.82. The van der Waals surface area contributed by atoms with E-state index < -0.39 is 5.97 Å².